The molecule has 0 aromatic heterocycles. The molecule has 14 heavy (non-hydrogen) atoms. The number of ether oxygens (including phenoxy) is 2. The maximum Gasteiger partial charge on any atom is 0.173 e. The molecule has 2 rings (SSSR count). The topological polar surface area (TPSA) is 47.7 Å². The number of nitrogens with two attached hydrogens (primary N) is 1. The number of rotatable bonds is 3. The van der Waals surface area contributed by atoms with E-state index in [1.807, 2.05) is 0 Å². The summed E-state index contributed by atoms with van der Waals surface area (Å²) in [5, 5.41) is 0. The van der Waals surface area contributed by atoms with Crippen molar-refractivity contribution in [2.45, 2.75) is 38.2 Å². The molecule has 0 amide bonds. The summed E-state index contributed by atoms with van der Waals surface area (Å²) >= 11 is 0. The molecule has 2 aliphatic heterocycles. The Morgan fingerprint density at radius 2 is 2.36 bits per heavy atom. The second kappa shape index (κ2) is 4.57. The lowest BCUT2D eigenvalue weighted by molar-refractivity contribution is -0.0998. The average Bonchev–Trinajstić information content (AvgIpc) is 2.85. The lowest BCUT2D eigenvalue weighted by Crippen LogP contribution is -2.40. The van der Waals surface area contributed by atoms with Crippen molar-refractivity contribution in [3.8, 4) is 0 Å². The van der Waals surface area contributed by atoms with E-state index in [2.05, 4.69) is 11.8 Å². The third-order valence-corrected chi connectivity index (χ3v) is 3.17. The normalized spacial score (nSPS) is 39.4. The highest BCUT2D eigenvalue weighted by Crippen LogP contribution is 2.26. The molecule has 2 N–H and O–H groups in total. The van der Waals surface area contributed by atoms with Gasteiger partial charge in [-0.1, -0.05) is 6.92 Å². The van der Waals surface area contributed by atoms with Crippen LogP contribution < -0.4 is 5.73 Å². The zero-order valence-electron chi connectivity index (χ0n) is 8.82. The van der Waals surface area contributed by atoms with Crippen LogP contribution in [0.25, 0.3) is 0 Å². The Kier molecular flexibility index (Phi) is 3.38. The molecule has 2 saturated heterocycles. The summed E-state index contributed by atoms with van der Waals surface area (Å²) < 4.78 is 11.4. The van der Waals surface area contributed by atoms with E-state index in [1.165, 1.54) is 19.4 Å². The molecule has 4 heteroatoms. The van der Waals surface area contributed by atoms with Crippen LogP contribution in [0.4, 0.5) is 0 Å². The molecule has 0 aliphatic carbocycles. The molecule has 3 atom stereocenters. The van der Waals surface area contributed by atoms with Gasteiger partial charge in [-0.25, -0.2) is 0 Å². The molecule has 3 unspecified atom stereocenters. The van der Waals surface area contributed by atoms with E-state index in [0.29, 0.717) is 19.2 Å². The van der Waals surface area contributed by atoms with Crippen LogP contribution >= 0.6 is 0 Å². The smallest absolute Gasteiger partial charge is 0.173 e. The molecular formula is C10H20N2O2. The van der Waals surface area contributed by atoms with Crippen LogP contribution in [0.5, 0.6) is 0 Å². The quantitative estimate of drug-likeness (QED) is 0.705. The first-order valence-electron chi connectivity index (χ1n) is 5.56. The predicted molar refractivity (Wildman–Crippen MR) is 53.9 cm³/mol. The Hall–Kier alpha value is -0.160. The second-order valence-corrected chi connectivity index (χ2v) is 4.03. The van der Waals surface area contributed by atoms with Gasteiger partial charge < -0.3 is 15.2 Å². The summed E-state index contributed by atoms with van der Waals surface area (Å²) in [6, 6.07) is 0.455. The van der Waals surface area contributed by atoms with Gasteiger partial charge in [0.25, 0.3) is 0 Å². The van der Waals surface area contributed by atoms with E-state index in [0.717, 1.165) is 6.54 Å². The first kappa shape index (κ1) is 10.4. The summed E-state index contributed by atoms with van der Waals surface area (Å²) in [7, 11) is 0. The van der Waals surface area contributed by atoms with Crippen molar-refractivity contribution in [1.29, 1.82) is 0 Å². The Labute approximate surface area is 85.3 Å². The fourth-order valence-corrected chi connectivity index (χ4v) is 2.35. The summed E-state index contributed by atoms with van der Waals surface area (Å²) in [6.45, 7) is 5.68. The lowest BCUT2D eigenvalue weighted by atomic mass is 10.2. The molecule has 0 bridgehead atoms. The molecule has 0 aromatic carbocycles. The van der Waals surface area contributed by atoms with Gasteiger partial charge in [0.1, 0.15) is 0 Å². The van der Waals surface area contributed by atoms with Crippen molar-refractivity contribution in [2.24, 2.45) is 5.73 Å². The summed E-state index contributed by atoms with van der Waals surface area (Å²) in [5.74, 6) is 0. The molecule has 0 spiro atoms. The van der Waals surface area contributed by atoms with E-state index in [4.69, 9.17) is 15.2 Å². The van der Waals surface area contributed by atoms with Gasteiger partial charge in [0.2, 0.25) is 0 Å². The first-order chi connectivity index (χ1) is 6.85. The molecule has 0 saturated carbocycles. The van der Waals surface area contributed by atoms with Crippen molar-refractivity contribution in [3.05, 3.63) is 0 Å². The van der Waals surface area contributed by atoms with Crippen molar-refractivity contribution in [3.63, 3.8) is 0 Å². The summed E-state index contributed by atoms with van der Waals surface area (Å²) in [6.07, 6.45) is 2.52. The van der Waals surface area contributed by atoms with Crippen LogP contribution in [0.2, 0.25) is 0 Å². The largest absolute Gasteiger partial charge is 0.348 e. The molecule has 82 valence electrons. The third-order valence-electron chi connectivity index (χ3n) is 3.17. The molecule has 2 fully saturated rings. The van der Waals surface area contributed by atoms with Crippen molar-refractivity contribution < 1.29 is 9.47 Å². The van der Waals surface area contributed by atoms with Gasteiger partial charge >= 0.3 is 0 Å². The minimum atomic E-state index is -0.0361. The van der Waals surface area contributed by atoms with Crippen LogP contribution in [0.1, 0.15) is 19.8 Å². The summed E-state index contributed by atoms with van der Waals surface area (Å²) in [5.41, 5.74) is 5.54. The molecule has 4 nitrogen and oxygen atoms in total. The predicted octanol–water partition coefficient (Wildman–Crippen LogP) is 0.171. The van der Waals surface area contributed by atoms with E-state index in [9.17, 15) is 0 Å². The number of hydrogen-bond acceptors (Lipinski definition) is 4. The molecule has 2 heterocycles. The van der Waals surface area contributed by atoms with Gasteiger partial charge in [-0.2, -0.15) is 0 Å². The van der Waals surface area contributed by atoms with E-state index >= 15 is 0 Å². The van der Waals surface area contributed by atoms with E-state index in [1.54, 1.807) is 0 Å². The Morgan fingerprint density at radius 3 is 3.00 bits per heavy atom. The van der Waals surface area contributed by atoms with Crippen LogP contribution in [0.3, 0.4) is 0 Å². The van der Waals surface area contributed by atoms with Crippen LogP contribution in [0.15, 0.2) is 0 Å². The van der Waals surface area contributed by atoms with Crippen LogP contribution in [-0.2, 0) is 9.47 Å². The number of likely N-dealkylation sites (tertiary alicyclic amines) is 1. The second-order valence-electron chi connectivity index (χ2n) is 4.03. The average molecular weight is 200 g/mol. The minimum absolute atomic E-state index is 0.0361. The summed E-state index contributed by atoms with van der Waals surface area (Å²) in [4.78, 5) is 2.43. The van der Waals surface area contributed by atoms with E-state index < -0.39 is 0 Å². The molecule has 2 aliphatic rings. The zero-order chi connectivity index (χ0) is 9.97. The van der Waals surface area contributed by atoms with Gasteiger partial charge in [-0.3, -0.25) is 4.90 Å². The van der Waals surface area contributed by atoms with Crippen molar-refractivity contribution >= 4 is 0 Å². The highest BCUT2D eigenvalue weighted by Gasteiger charge is 2.37. The van der Waals surface area contributed by atoms with Gasteiger partial charge in [0.05, 0.1) is 18.8 Å². The van der Waals surface area contributed by atoms with Crippen LogP contribution in [-0.4, -0.2) is 49.6 Å². The van der Waals surface area contributed by atoms with Gasteiger partial charge in [-0.15, -0.1) is 0 Å². The third kappa shape index (κ3) is 1.93. The fourth-order valence-electron chi connectivity index (χ4n) is 2.35. The highest BCUT2D eigenvalue weighted by atomic mass is 16.7. The standard InChI is InChI=1S/C10H20N2O2/c1-2-12-5-3-4-9(12)10-13-7-8(6-11)14-10/h8-10H,2-7,11H2,1H3. The fraction of sp³-hybridized carbons (Fsp3) is 1.00. The molecule has 0 aromatic rings. The van der Waals surface area contributed by atoms with Gasteiger partial charge in [-0.05, 0) is 25.9 Å². The maximum atomic E-state index is 5.74. The monoisotopic (exact) mass is 200 g/mol. The first-order valence-corrected chi connectivity index (χ1v) is 5.56. The highest BCUT2D eigenvalue weighted by molar-refractivity contribution is 4.84. The number of likely N-dealkylation sites (N-methyl/N-ethyl adjacent to an activating group) is 1. The zero-order valence-corrected chi connectivity index (χ0v) is 8.82. The number of nitrogens with zero attached hydrogens (tertiary/aromatic N) is 1. The SMILES string of the molecule is CCN1CCCC1C1OCC(CN)O1. The maximum absolute atomic E-state index is 5.74. The van der Waals surface area contributed by atoms with Gasteiger partial charge in [0, 0.05) is 6.54 Å². The Bertz CT molecular complexity index is 189. The van der Waals surface area contributed by atoms with Crippen molar-refractivity contribution in [1.82, 2.24) is 4.90 Å². The lowest BCUT2D eigenvalue weighted by Gasteiger charge is -2.26. The van der Waals surface area contributed by atoms with E-state index in [-0.39, 0.29) is 12.4 Å². The van der Waals surface area contributed by atoms with Gasteiger partial charge in [0.15, 0.2) is 6.29 Å². The Balaban J connectivity index is 1.89. The molecule has 0 radical (unpaired) electrons. The Morgan fingerprint density at radius 1 is 1.50 bits per heavy atom. The number of hydrogen-bond donors (Lipinski definition) is 1. The molecular weight excluding hydrogens is 180 g/mol. The van der Waals surface area contributed by atoms with Crippen molar-refractivity contribution in [2.75, 3.05) is 26.2 Å². The van der Waals surface area contributed by atoms with Crippen LogP contribution in [0, 0.1) is 0 Å². The minimum Gasteiger partial charge on any atom is -0.348 e.